The highest BCUT2D eigenvalue weighted by Crippen LogP contribution is 2.19. The van der Waals surface area contributed by atoms with Crippen LogP contribution in [-0.2, 0) is 0 Å². The first kappa shape index (κ1) is 17.1. The van der Waals surface area contributed by atoms with Crippen molar-refractivity contribution in [1.82, 2.24) is 4.90 Å². The normalized spacial score (nSPS) is 15.0. The van der Waals surface area contributed by atoms with E-state index in [1.165, 1.54) is 19.1 Å². The molecule has 0 spiro atoms. The molecular formula is C20H21FN2O2. The molecule has 25 heavy (non-hydrogen) atoms. The summed E-state index contributed by atoms with van der Waals surface area (Å²) in [6.45, 7) is 4.18. The van der Waals surface area contributed by atoms with Crippen LogP contribution in [0.15, 0.2) is 48.5 Å². The molecule has 0 radical (unpaired) electrons. The molecular weight excluding hydrogens is 319 g/mol. The van der Waals surface area contributed by atoms with Crippen LogP contribution in [0.25, 0.3) is 0 Å². The second kappa shape index (κ2) is 7.47. The summed E-state index contributed by atoms with van der Waals surface area (Å²) in [5.41, 5.74) is 1.89. The molecule has 0 N–H and O–H groups in total. The molecule has 2 aromatic rings. The third-order valence-corrected chi connectivity index (χ3v) is 4.51. The molecule has 0 atom stereocenters. The van der Waals surface area contributed by atoms with Crippen molar-refractivity contribution in [2.45, 2.75) is 13.3 Å². The van der Waals surface area contributed by atoms with Gasteiger partial charge in [-0.2, -0.15) is 0 Å². The number of ketones is 1. The van der Waals surface area contributed by atoms with E-state index in [9.17, 15) is 14.0 Å². The zero-order valence-electron chi connectivity index (χ0n) is 14.2. The molecule has 4 nitrogen and oxygen atoms in total. The number of nitrogens with zero attached hydrogens (tertiary/aromatic N) is 2. The molecule has 0 unspecified atom stereocenters. The van der Waals surface area contributed by atoms with Crippen LogP contribution < -0.4 is 4.90 Å². The zero-order valence-corrected chi connectivity index (χ0v) is 14.2. The van der Waals surface area contributed by atoms with E-state index in [0.717, 1.165) is 18.7 Å². The van der Waals surface area contributed by atoms with Crippen LogP contribution in [0.3, 0.4) is 0 Å². The minimum Gasteiger partial charge on any atom is -0.370 e. The molecule has 0 aliphatic carbocycles. The maximum absolute atomic E-state index is 13.1. The molecule has 1 aliphatic heterocycles. The Labute approximate surface area is 146 Å². The summed E-state index contributed by atoms with van der Waals surface area (Å²) in [4.78, 5) is 28.6. The van der Waals surface area contributed by atoms with Gasteiger partial charge >= 0.3 is 0 Å². The molecule has 1 heterocycles. The Balaban J connectivity index is 1.74. The van der Waals surface area contributed by atoms with Crippen molar-refractivity contribution >= 4 is 17.4 Å². The fraction of sp³-hybridized carbons (Fsp3) is 0.300. The number of hydrogen-bond donors (Lipinski definition) is 0. The number of carbonyl (C=O) groups is 2. The third kappa shape index (κ3) is 3.87. The molecule has 5 heteroatoms. The average molecular weight is 340 g/mol. The van der Waals surface area contributed by atoms with Gasteiger partial charge in [0.1, 0.15) is 5.82 Å². The van der Waals surface area contributed by atoms with E-state index in [1.807, 2.05) is 0 Å². The van der Waals surface area contributed by atoms with Crippen LogP contribution in [0.5, 0.6) is 0 Å². The minimum absolute atomic E-state index is 0.105. The molecule has 1 amide bonds. The largest absolute Gasteiger partial charge is 0.370 e. The molecule has 130 valence electrons. The third-order valence-electron chi connectivity index (χ3n) is 4.51. The van der Waals surface area contributed by atoms with Crippen molar-refractivity contribution in [2.24, 2.45) is 0 Å². The van der Waals surface area contributed by atoms with Crippen LogP contribution in [0, 0.1) is 5.82 Å². The predicted octanol–water partition coefficient (Wildman–Crippen LogP) is 3.38. The second-order valence-corrected chi connectivity index (χ2v) is 6.21. The van der Waals surface area contributed by atoms with Crippen molar-refractivity contribution in [3.8, 4) is 0 Å². The van der Waals surface area contributed by atoms with E-state index in [1.54, 1.807) is 41.3 Å². The molecule has 1 aliphatic rings. The van der Waals surface area contributed by atoms with Gasteiger partial charge in [-0.3, -0.25) is 9.59 Å². The fourth-order valence-electron chi connectivity index (χ4n) is 3.18. The van der Waals surface area contributed by atoms with Crippen molar-refractivity contribution in [2.75, 3.05) is 31.1 Å². The van der Waals surface area contributed by atoms with E-state index in [2.05, 4.69) is 4.90 Å². The highest BCUT2D eigenvalue weighted by Gasteiger charge is 2.23. The van der Waals surface area contributed by atoms with Gasteiger partial charge < -0.3 is 9.80 Å². The predicted molar refractivity (Wildman–Crippen MR) is 95.6 cm³/mol. The van der Waals surface area contributed by atoms with E-state index < -0.39 is 0 Å². The van der Waals surface area contributed by atoms with Gasteiger partial charge in [0.15, 0.2) is 5.78 Å². The second-order valence-electron chi connectivity index (χ2n) is 6.21. The summed E-state index contributed by atoms with van der Waals surface area (Å²) in [5.74, 6) is -0.463. The van der Waals surface area contributed by atoms with E-state index in [0.29, 0.717) is 30.8 Å². The first-order valence-electron chi connectivity index (χ1n) is 8.46. The monoisotopic (exact) mass is 340 g/mol. The fourth-order valence-corrected chi connectivity index (χ4v) is 3.18. The van der Waals surface area contributed by atoms with Gasteiger partial charge in [-0.25, -0.2) is 4.39 Å². The summed E-state index contributed by atoms with van der Waals surface area (Å²) >= 11 is 0. The lowest BCUT2D eigenvalue weighted by molar-refractivity contribution is 0.0762. The molecule has 0 saturated carbocycles. The summed E-state index contributed by atoms with van der Waals surface area (Å²) < 4.78 is 13.1. The van der Waals surface area contributed by atoms with Crippen molar-refractivity contribution < 1.29 is 14.0 Å². The van der Waals surface area contributed by atoms with Gasteiger partial charge in [0, 0.05) is 37.4 Å². The van der Waals surface area contributed by atoms with Crippen LogP contribution in [0.2, 0.25) is 0 Å². The Kier molecular flexibility index (Phi) is 5.12. The highest BCUT2D eigenvalue weighted by molar-refractivity contribution is 6.07. The van der Waals surface area contributed by atoms with Gasteiger partial charge in [0.25, 0.3) is 5.91 Å². The summed E-state index contributed by atoms with van der Waals surface area (Å²) in [7, 11) is 0. The topological polar surface area (TPSA) is 40.6 Å². The molecule has 1 saturated heterocycles. The lowest BCUT2D eigenvalue weighted by Gasteiger charge is -2.24. The molecule has 0 bridgehead atoms. The van der Waals surface area contributed by atoms with Crippen molar-refractivity contribution in [3.63, 3.8) is 0 Å². The van der Waals surface area contributed by atoms with Gasteiger partial charge in [-0.05, 0) is 43.7 Å². The van der Waals surface area contributed by atoms with Gasteiger partial charge in [0.2, 0.25) is 0 Å². The zero-order chi connectivity index (χ0) is 17.8. The lowest BCUT2D eigenvalue weighted by Crippen LogP contribution is -2.35. The first-order chi connectivity index (χ1) is 12.1. The Morgan fingerprint density at radius 3 is 2.24 bits per heavy atom. The molecule has 2 aromatic carbocycles. The highest BCUT2D eigenvalue weighted by atomic mass is 19.1. The molecule has 0 aromatic heterocycles. The Hall–Kier alpha value is -2.69. The number of carbonyl (C=O) groups excluding carboxylic acids is 2. The van der Waals surface area contributed by atoms with Gasteiger partial charge in [-0.1, -0.05) is 18.2 Å². The number of Topliss-reactive ketones (excluding diaryl/α,β-unsaturated/α-hetero) is 1. The standard InChI is InChI=1S/C20H21FN2O2/c1-15(24)18-5-2-3-6-19(18)20(25)23-12-4-11-22(13-14-23)17-9-7-16(21)8-10-17/h2-3,5-10H,4,11-14H2,1H3. The Morgan fingerprint density at radius 1 is 0.880 bits per heavy atom. The maximum Gasteiger partial charge on any atom is 0.254 e. The first-order valence-corrected chi connectivity index (χ1v) is 8.46. The molecule has 3 rings (SSSR count). The van der Waals surface area contributed by atoms with Gasteiger partial charge in [0.05, 0.1) is 5.56 Å². The summed E-state index contributed by atoms with van der Waals surface area (Å²) in [6.07, 6.45) is 0.825. The number of rotatable bonds is 3. The smallest absolute Gasteiger partial charge is 0.254 e. The van der Waals surface area contributed by atoms with Gasteiger partial charge in [-0.15, -0.1) is 0 Å². The Bertz CT molecular complexity index is 774. The van der Waals surface area contributed by atoms with Crippen LogP contribution in [-0.4, -0.2) is 42.8 Å². The van der Waals surface area contributed by atoms with Crippen LogP contribution in [0.1, 0.15) is 34.1 Å². The van der Waals surface area contributed by atoms with E-state index in [4.69, 9.17) is 0 Å². The minimum atomic E-state index is -0.254. The van der Waals surface area contributed by atoms with Crippen LogP contribution >= 0.6 is 0 Å². The number of halogens is 1. The lowest BCUT2D eigenvalue weighted by atomic mass is 10.0. The summed E-state index contributed by atoms with van der Waals surface area (Å²) in [6, 6.07) is 13.4. The van der Waals surface area contributed by atoms with Crippen molar-refractivity contribution in [3.05, 3.63) is 65.5 Å². The maximum atomic E-state index is 13.1. The number of anilines is 1. The quantitative estimate of drug-likeness (QED) is 0.804. The Morgan fingerprint density at radius 2 is 1.56 bits per heavy atom. The van der Waals surface area contributed by atoms with E-state index in [-0.39, 0.29) is 17.5 Å². The number of amides is 1. The van der Waals surface area contributed by atoms with E-state index >= 15 is 0 Å². The number of benzene rings is 2. The van der Waals surface area contributed by atoms with Crippen LogP contribution in [0.4, 0.5) is 10.1 Å². The average Bonchev–Trinajstić information content (AvgIpc) is 2.88. The van der Waals surface area contributed by atoms with Crippen molar-refractivity contribution in [1.29, 1.82) is 0 Å². The molecule has 1 fully saturated rings. The number of hydrogen-bond acceptors (Lipinski definition) is 3. The SMILES string of the molecule is CC(=O)c1ccccc1C(=O)N1CCCN(c2ccc(F)cc2)CC1. The summed E-state index contributed by atoms with van der Waals surface area (Å²) in [5, 5.41) is 0.